The van der Waals surface area contributed by atoms with Crippen molar-refractivity contribution in [3.63, 3.8) is 0 Å². The van der Waals surface area contributed by atoms with Crippen LogP contribution in [-0.2, 0) is 11.2 Å². The van der Waals surface area contributed by atoms with Gasteiger partial charge in [0.25, 0.3) is 5.91 Å². The summed E-state index contributed by atoms with van der Waals surface area (Å²) in [5, 5.41) is 4.21. The molecule has 192 valence electrons. The maximum Gasteiger partial charge on any atom is 0.253 e. The first kappa shape index (κ1) is 24.1. The van der Waals surface area contributed by atoms with Gasteiger partial charge in [0.05, 0.1) is 17.7 Å². The topological polar surface area (TPSA) is 68.8 Å². The molecular weight excluding hydrogens is 474 g/mol. The lowest BCUT2D eigenvalue weighted by atomic mass is 10.1. The Bertz CT molecular complexity index is 1500. The Labute approximate surface area is 222 Å². The molecule has 7 heteroatoms. The molecule has 0 saturated carbocycles. The van der Waals surface area contributed by atoms with E-state index in [1.54, 1.807) is 0 Å². The van der Waals surface area contributed by atoms with Crippen molar-refractivity contribution in [2.24, 2.45) is 0 Å². The molecule has 4 aromatic rings. The Morgan fingerprint density at radius 1 is 0.868 bits per heavy atom. The molecule has 6 rings (SSSR count). The first-order valence-electron chi connectivity index (χ1n) is 13.2. The van der Waals surface area contributed by atoms with E-state index in [0.29, 0.717) is 38.3 Å². The van der Waals surface area contributed by atoms with Crippen LogP contribution in [0.4, 0.5) is 17.2 Å². The number of piperazine rings is 1. The zero-order chi connectivity index (χ0) is 26.1. The van der Waals surface area contributed by atoms with Crippen molar-refractivity contribution in [1.82, 2.24) is 14.8 Å². The van der Waals surface area contributed by atoms with Gasteiger partial charge < -0.3 is 15.1 Å². The first-order valence-corrected chi connectivity index (χ1v) is 13.2. The number of benzene rings is 3. The number of fused-ring (bicyclic) bond motifs is 2. The van der Waals surface area contributed by atoms with E-state index in [1.807, 2.05) is 59.5 Å². The van der Waals surface area contributed by atoms with Gasteiger partial charge in [-0.25, -0.2) is 4.98 Å². The largest absolute Gasteiger partial charge is 0.336 e. The highest BCUT2D eigenvalue weighted by Gasteiger charge is 2.28. The maximum absolute atomic E-state index is 13.3. The van der Waals surface area contributed by atoms with Gasteiger partial charge in [-0.1, -0.05) is 48.5 Å². The van der Waals surface area contributed by atoms with Gasteiger partial charge in [-0.15, -0.1) is 0 Å². The average molecular weight is 506 g/mol. The predicted molar refractivity (Wildman–Crippen MR) is 151 cm³/mol. The number of aryl methyl sites for hydroxylation is 1. The van der Waals surface area contributed by atoms with Crippen LogP contribution in [-0.4, -0.2) is 65.9 Å². The van der Waals surface area contributed by atoms with E-state index in [2.05, 4.69) is 46.3 Å². The van der Waals surface area contributed by atoms with Gasteiger partial charge in [-0.3, -0.25) is 14.5 Å². The smallest absolute Gasteiger partial charge is 0.253 e. The zero-order valence-corrected chi connectivity index (χ0v) is 21.6. The van der Waals surface area contributed by atoms with Crippen molar-refractivity contribution in [3.8, 4) is 0 Å². The third kappa shape index (κ3) is 4.73. The molecule has 1 aromatic heterocycles. The van der Waals surface area contributed by atoms with Gasteiger partial charge in [0.15, 0.2) is 0 Å². The summed E-state index contributed by atoms with van der Waals surface area (Å²) in [6.45, 7) is 5.77. The molecule has 1 N–H and O–H groups in total. The van der Waals surface area contributed by atoms with Crippen LogP contribution in [0.15, 0.2) is 78.9 Å². The summed E-state index contributed by atoms with van der Waals surface area (Å²) >= 11 is 0. The lowest BCUT2D eigenvalue weighted by Crippen LogP contribution is -2.50. The van der Waals surface area contributed by atoms with Crippen LogP contribution in [0.1, 0.15) is 21.5 Å². The molecule has 0 unspecified atom stereocenters. The minimum atomic E-state index is -0.0413. The second-order valence-corrected chi connectivity index (χ2v) is 10.0. The molecule has 0 spiro atoms. The molecule has 38 heavy (non-hydrogen) atoms. The summed E-state index contributed by atoms with van der Waals surface area (Å²) in [5.41, 5.74) is 5.84. The van der Waals surface area contributed by atoms with Gasteiger partial charge in [0.1, 0.15) is 5.82 Å². The predicted octanol–water partition coefficient (Wildman–Crippen LogP) is 4.63. The Balaban J connectivity index is 1.18. The highest BCUT2D eigenvalue weighted by Crippen LogP contribution is 2.40. The van der Waals surface area contributed by atoms with E-state index in [1.165, 1.54) is 5.56 Å². The lowest BCUT2D eigenvalue weighted by Gasteiger charge is -2.34. The monoisotopic (exact) mass is 505 g/mol. The summed E-state index contributed by atoms with van der Waals surface area (Å²) in [6, 6.07) is 25.8. The number of aromatic nitrogens is 1. The van der Waals surface area contributed by atoms with Crippen LogP contribution < -0.4 is 10.2 Å². The summed E-state index contributed by atoms with van der Waals surface area (Å²) < 4.78 is 0. The number of anilines is 3. The molecule has 3 heterocycles. The molecule has 0 bridgehead atoms. The normalized spacial score (nSPS) is 15.5. The minimum absolute atomic E-state index is 0.0413. The summed E-state index contributed by atoms with van der Waals surface area (Å²) in [5.74, 6) is 0.921. The number of amides is 2. The third-order valence-electron chi connectivity index (χ3n) is 7.44. The second-order valence-electron chi connectivity index (χ2n) is 10.0. The Morgan fingerprint density at radius 2 is 1.63 bits per heavy atom. The molecule has 1 fully saturated rings. The van der Waals surface area contributed by atoms with Crippen molar-refractivity contribution in [1.29, 1.82) is 0 Å². The summed E-state index contributed by atoms with van der Waals surface area (Å²) in [4.78, 5) is 37.3. The number of pyridine rings is 1. The Kier molecular flexibility index (Phi) is 6.52. The van der Waals surface area contributed by atoms with E-state index >= 15 is 0 Å². The van der Waals surface area contributed by atoms with Crippen molar-refractivity contribution >= 4 is 39.9 Å². The van der Waals surface area contributed by atoms with Gasteiger partial charge in [-0.05, 0) is 49.2 Å². The zero-order valence-electron chi connectivity index (χ0n) is 21.6. The fourth-order valence-electron chi connectivity index (χ4n) is 5.47. The maximum atomic E-state index is 13.3. The highest BCUT2D eigenvalue weighted by molar-refractivity contribution is 6.05. The summed E-state index contributed by atoms with van der Waals surface area (Å²) in [7, 11) is 0. The third-order valence-corrected chi connectivity index (χ3v) is 7.44. The van der Waals surface area contributed by atoms with Crippen LogP contribution >= 0.6 is 0 Å². The van der Waals surface area contributed by atoms with Crippen molar-refractivity contribution < 1.29 is 9.59 Å². The van der Waals surface area contributed by atoms with Crippen LogP contribution in [0.3, 0.4) is 0 Å². The number of para-hydroxylation sites is 1. The van der Waals surface area contributed by atoms with Crippen molar-refractivity contribution in [2.45, 2.75) is 13.3 Å². The molecule has 0 radical (unpaired) electrons. The second kappa shape index (κ2) is 10.3. The van der Waals surface area contributed by atoms with Gasteiger partial charge in [0, 0.05) is 54.9 Å². The Hall–Kier alpha value is -4.23. The number of hydrogen-bond donors (Lipinski definition) is 1. The molecule has 2 aliphatic rings. The molecular formula is C31H31N5O2. The van der Waals surface area contributed by atoms with Crippen LogP contribution in [0.5, 0.6) is 0 Å². The molecule has 1 saturated heterocycles. The molecule has 2 aliphatic heterocycles. The lowest BCUT2D eigenvalue weighted by molar-refractivity contribution is -0.117. The van der Waals surface area contributed by atoms with Crippen molar-refractivity contribution in [2.75, 3.05) is 49.5 Å². The van der Waals surface area contributed by atoms with Gasteiger partial charge >= 0.3 is 0 Å². The van der Waals surface area contributed by atoms with E-state index in [9.17, 15) is 9.59 Å². The van der Waals surface area contributed by atoms with Crippen LogP contribution in [0, 0.1) is 6.92 Å². The van der Waals surface area contributed by atoms with Crippen molar-refractivity contribution in [3.05, 3.63) is 95.6 Å². The van der Waals surface area contributed by atoms with Gasteiger partial charge in [0.2, 0.25) is 5.91 Å². The fourth-order valence-corrected chi connectivity index (χ4v) is 5.47. The molecule has 3 aromatic carbocycles. The number of carbonyl (C=O) groups excluding carboxylic acids is 2. The molecule has 0 atom stereocenters. The van der Waals surface area contributed by atoms with E-state index in [-0.39, 0.29) is 11.8 Å². The molecule has 0 aliphatic carbocycles. The summed E-state index contributed by atoms with van der Waals surface area (Å²) in [6.07, 6.45) is 0.816. The number of nitrogens with one attached hydrogen (secondary N) is 1. The number of hydrogen-bond acceptors (Lipinski definition) is 5. The van der Waals surface area contributed by atoms with E-state index in [4.69, 9.17) is 4.98 Å². The molecule has 2 amide bonds. The van der Waals surface area contributed by atoms with E-state index < -0.39 is 0 Å². The SMILES string of the molecule is Cc1cccc(N2CCc3c2nc2ccccc2c3NC(=O)CN2CCN(C(=O)c3ccccc3)CC2)c1. The fraction of sp³-hybridized carbons (Fsp3) is 0.258. The highest BCUT2D eigenvalue weighted by atomic mass is 16.2. The molecule has 7 nitrogen and oxygen atoms in total. The minimum Gasteiger partial charge on any atom is -0.336 e. The average Bonchev–Trinajstić information content (AvgIpc) is 3.37. The quantitative estimate of drug-likeness (QED) is 0.428. The Morgan fingerprint density at radius 3 is 2.42 bits per heavy atom. The van der Waals surface area contributed by atoms with Crippen LogP contribution in [0.2, 0.25) is 0 Å². The number of nitrogens with zero attached hydrogens (tertiary/aromatic N) is 4. The van der Waals surface area contributed by atoms with E-state index in [0.717, 1.165) is 46.6 Å². The first-order chi connectivity index (χ1) is 18.6. The number of rotatable bonds is 5. The van der Waals surface area contributed by atoms with Crippen LogP contribution in [0.25, 0.3) is 10.9 Å². The standard InChI is InChI=1S/C31H31N5O2/c1-22-8-7-11-24(20-22)36-15-14-26-29(25-12-5-6-13-27(25)32-30(26)36)33-28(37)21-34-16-18-35(19-17-34)31(38)23-9-3-2-4-10-23/h2-13,20H,14-19,21H2,1H3,(H,32,33,37). The van der Waals surface area contributed by atoms with Gasteiger partial charge in [-0.2, -0.15) is 0 Å². The number of carbonyl (C=O) groups is 2.